The van der Waals surface area contributed by atoms with Crippen molar-refractivity contribution in [1.82, 2.24) is 0 Å². The highest BCUT2D eigenvalue weighted by Gasteiger charge is 2.19. The molecule has 5 nitrogen and oxygen atoms in total. The summed E-state index contributed by atoms with van der Waals surface area (Å²) < 4.78 is 0. The van der Waals surface area contributed by atoms with Crippen LogP contribution in [0.15, 0.2) is 12.1 Å². The van der Waals surface area contributed by atoms with E-state index in [1.165, 1.54) is 0 Å². The molecule has 0 spiro atoms. The SMILES string of the molecule is CC(CO)N(C)c1cc2c(cc1N)NC(=O)CC2. The van der Waals surface area contributed by atoms with Gasteiger partial charge in [0.1, 0.15) is 0 Å². The Morgan fingerprint density at radius 3 is 2.89 bits per heavy atom. The molecule has 0 aliphatic carbocycles. The van der Waals surface area contributed by atoms with Crippen molar-refractivity contribution in [2.24, 2.45) is 0 Å². The van der Waals surface area contributed by atoms with Gasteiger partial charge in [0.25, 0.3) is 0 Å². The predicted octanol–water partition coefficient (Wildman–Crippen LogP) is 0.970. The second-order valence-electron chi connectivity index (χ2n) is 4.76. The van der Waals surface area contributed by atoms with Crippen LogP contribution >= 0.6 is 0 Å². The summed E-state index contributed by atoms with van der Waals surface area (Å²) in [5.74, 6) is 0.0340. The van der Waals surface area contributed by atoms with Gasteiger partial charge in [0, 0.05) is 25.2 Å². The maximum Gasteiger partial charge on any atom is 0.224 e. The van der Waals surface area contributed by atoms with E-state index >= 15 is 0 Å². The Hall–Kier alpha value is -1.75. The standard InChI is InChI=1S/C13H19N3O2/c1-8(7-17)16(2)12-5-9-3-4-13(18)15-11(9)6-10(12)14/h5-6,8,17H,3-4,7,14H2,1-2H3,(H,15,18). The number of nitrogens with two attached hydrogens (primary N) is 1. The number of carbonyl (C=O) groups excluding carboxylic acids is 1. The van der Waals surface area contributed by atoms with Crippen LogP contribution in [0.2, 0.25) is 0 Å². The summed E-state index contributed by atoms with van der Waals surface area (Å²) in [7, 11) is 1.90. The second-order valence-corrected chi connectivity index (χ2v) is 4.76. The van der Waals surface area contributed by atoms with Gasteiger partial charge in [-0.25, -0.2) is 0 Å². The largest absolute Gasteiger partial charge is 0.397 e. The van der Waals surface area contributed by atoms with Crippen molar-refractivity contribution in [3.63, 3.8) is 0 Å². The van der Waals surface area contributed by atoms with Gasteiger partial charge in [-0.15, -0.1) is 0 Å². The number of anilines is 3. The molecule has 1 aliphatic heterocycles. The molecule has 1 unspecified atom stereocenters. The van der Waals surface area contributed by atoms with E-state index in [-0.39, 0.29) is 18.6 Å². The molecule has 1 aromatic carbocycles. The maximum atomic E-state index is 11.3. The Morgan fingerprint density at radius 2 is 2.22 bits per heavy atom. The van der Waals surface area contributed by atoms with Crippen molar-refractivity contribution in [3.8, 4) is 0 Å². The van der Waals surface area contributed by atoms with Crippen molar-refractivity contribution in [3.05, 3.63) is 17.7 Å². The summed E-state index contributed by atoms with van der Waals surface area (Å²) in [5, 5.41) is 12.0. The molecular formula is C13H19N3O2. The third kappa shape index (κ3) is 2.26. The Morgan fingerprint density at radius 1 is 1.50 bits per heavy atom. The molecule has 0 fully saturated rings. The van der Waals surface area contributed by atoms with E-state index in [4.69, 9.17) is 5.73 Å². The number of nitrogens with zero attached hydrogens (tertiary/aromatic N) is 1. The molecule has 0 radical (unpaired) electrons. The number of nitrogen functional groups attached to an aromatic ring is 1. The number of hydrogen-bond donors (Lipinski definition) is 3. The molecule has 1 atom stereocenters. The topological polar surface area (TPSA) is 78.6 Å². The van der Waals surface area contributed by atoms with Crippen LogP contribution in [-0.2, 0) is 11.2 Å². The van der Waals surface area contributed by atoms with E-state index in [1.54, 1.807) is 6.07 Å². The Bertz CT molecular complexity index is 474. The molecule has 98 valence electrons. The van der Waals surface area contributed by atoms with Gasteiger partial charge in [0.2, 0.25) is 5.91 Å². The minimum Gasteiger partial charge on any atom is -0.397 e. The van der Waals surface area contributed by atoms with Crippen LogP contribution in [0.1, 0.15) is 18.9 Å². The second kappa shape index (κ2) is 4.86. The van der Waals surface area contributed by atoms with Crippen LogP contribution in [0, 0.1) is 0 Å². The molecule has 0 bridgehead atoms. The Kier molecular flexibility index (Phi) is 3.43. The van der Waals surface area contributed by atoms with Crippen LogP contribution < -0.4 is 16.0 Å². The van der Waals surface area contributed by atoms with E-state index in [9.17, 15) is 9.90 Å². The number of hydrogen-bond acceptors (Lipinski definition) is 4. The number of rotatable bonds is 3. The molecule has 5 heteroatoms. The number of aliphatic hydroxyl groups is 1. The third-order valence-electron chi connectivity index (χ3n) is 3.45. The zero-order valence-corrected chi connectivity index (χ0v) is 10.7. The summed E-state index contributed by atoms with van der Waals surface area (Å²) in [6.07, 6.45) is 1.24. The lowest BCUT2D eigenvalue weighted by molar-refractivity contribution is -0.116. The van der Waals surface area contributed by atoms with Crippen LogP contribution in [0.5, 0.6) is 0 Å². The predicted molar refractivity (Wildman–Crippen MR) is 72.8 cm³/mol. The Labute approximate surface area is 107 Å². The summed E-state index contributed by atoms with van der Waals surface area (Å²) in [4.78, 5) is 13.3. The molecule has 0 saturated carbocycles. The number of benzene rings is 1. The number of fused-ring (bicyclic) bond motifs is 1. The van der Waals surface area contributed by atoms with Crippen LogP contribution in [-0.4, -0.2) is 30.7 Å². The number of nitrogens with one attached hydrogen (secondary N) is 1. The van der Waals surface area contributed by atoms with Gasteiger partial charge >= 0.3 is 0 Å². The van der Waals surface area contributed by atoms with E-state index < -0.39 is 0 Å². The van der Waals surface area contributed by atoms with Crippen molar-refractivity contribution >= 4 is 23.0 Å². The molecular weight excluding hydrogens is 230 g/mol. The van der Waals surface area contributed by atoms with Crippen molar-refractivity contribution < 1.29 is 9.90 Å². The first kappa shape index (κ1) is 12.7. The number of carbonyl (C=O) groups is 1. The van der Waals surface area contributed by atoms with Gasteiger partial charge < -0.3 is 21.1 Å². The van der Waals surface area contributed by atoms with Gasteiger partial charge in [-0.3, -0.25) is 4.79 Å². The lowest BCUT2D eigenvalue weighted by atomic mass is 10.0. The fraction of sp³-hybridized carbons (Fsp3) is 0.462. The summed E-state index contributed by atoms with van der Waals surface area (Å²) >= 11 is 0. The van der Waals surface area contributed by atoms with Gasteiger partial charge in [0.15, 0.2) is 0 Å². The molecule has 18 heavy (non-hydrogen) atoms. The van der Waals surface area contributed by atoms with E-state index in [2.05, 4.69) is 5.32 Å². The fourth-order valence-electron chi connectivity index (χ4n) is 2.10. The van der Waals surface area contributed by atoms with Gasteiger partial charge in [0.05, 0.1) is 18.0 Å². The molecule has 1 heterocycles. The monoisotopic (exact) mass is 249 g/mol. The average Bonchev–Trinajstić information content (AvgIpc) is 2.36. The summed E-state index contributed by atoms with van der Waals surface area (Å²) in [6, 6.07) is 3.79. The van der Waals surface area contributed by atoms with Gasteiger partial charge in [-0.1, -0.05) is 0 Å². The molecule has 1 aliphatic rings. The normalized spacial score (nSPS) is 15.8. The van der Waals surface area contributed by atoms with Gasteiger partial charge in [-0.2, -0.15) is 0 Å². The first-order valence-corrected chi connectivity index (χ1v) is 6.09. The van der Waals surface area contributed by atoms with Crippen LogP contribution in [0.25, 0.3) is 0 Å². The highest BCUT2D eigenvalue weighted by atomic mass is 16.3. The first-order chi connectivity index (χ1) is 8.52. The van der Waals surface area contributed by atoms with E-state index in [1.807, 2.05) is 24.9 Å². The molecule has 2 rings (SSSR count). The summed E-state index contributed by atoms with van der Waals surface area (Å²) in [6.45, 7) is 2.00. The average molecular weight is 249 g/mol. The highest BCUT2D eigenvalue weighted by molar-refractivity contribution is 5.95. The van der Waals surface area contributed by atoms with Crippen molar-refractivity contribution in [1.29, 1.82) is 0 Å². The zero-order chi connectivity index (χ0) is 13.3. The van der Waals surface area contributed by atoms with Crippen molar-refractivity contribution in [2.45, 2.75) is 25.8 Å². The lowest BCUT2D eigenvalue weighted by Crippen LogP contribution is -2.32. The molecule has 0 aromatic heterocycles. The van der Waals surface area contributed by atoms with Gasteiger partial charge in [-0.05, 0) is 31.0 Å². The smallest absolute Gasteiger partial charge is 0.224 e. The molecule has 0 saturated heterocycles. The number of aryl methyl sites for hydroxylation is 1. The van der Waals surface area contributed by atoms with E-state index in [0.29, 0.717) is 12.1 Å². The lowest BCUT2D eigenvalue weighted by Gasteiger charge is -2.28. The zero-order valence-electron chi connectivity index (χ0n) is 10.7. The molecule has 1 aromatic rings. The minimum absolute atomic E-state index is 0.00327. The minimum atomic E-state index is 0.00327. The Balaban J connectivity index is 2.36. The maximum absolute atomic E-state index is 11.3. The first-order valence-electron chi connectivity index (χ1n) is 6.09. The number of amides is 1. The molecule has 4 N–H and O–H groups in total. The van der Waals surface area contributed by atoms with Crippen molar-refractivity contribution in [2.75, 3.05) is 29.6 Å². The number of likely N-dealkylation sites (N-methyl/N-ethyl adjacent to an activating group) is 1. The fourth-order valence-corrected chi connectivity index (χ4v) is 2.10. The third-order valence-corrected chi connectivity index (χ3v) is 3.45. The highest BCUT2D eigenvalue weighted by Crippen LogP contribution is 2.33. The quantitative estimate of drug-likeness (QED) is 0.697. The number of aliphatic hydroxyl groups excluding tert-OH is 1. The van der Waals surface area contributed by atoms with Crippen LogP contribution in [0.3, 0.4) is 0 Å². The van der Waals surface area contributed by atoms with E-state index in [0.717, 1.165) is 23.4 Å². The summed E-state index contributed by atoms with van der Waals surface area (Å²) in [5.41, 5.74) is 9.41. The molecule has 1 amide bonds. The van der Waals surface area contributed by atoms with Crippen LogP contribution in [0.4, 0.5) is 17.1 Å².